The van der Waals surface area contributed by atoms with Crippen molar-refractivity contribution in [1.82, 2.24) is 25.5 Å². The number of rotatable bonds is 7. The van der Waals surface area contributed by atoms with E-state index in [0.717, 1.165) is 0 Å². The van der Waals surface area contributed by atoms with Crippen LogP contribution in [0.4, 0.5) is 0 Å². The fourth-order valence-corrected chi connectivity index (χ4v) is 1.04. The first-order chi connectivity index (χ1) is 7.22. The fourth-order valence-electron chi connectivity index (χ4n) is 1.04. The van der Waals surface area contributed by atoms with Crippen LogP contribution in [0.15, 0.2) is 0 Å². The third-order valence-electron chi connectivity index (χ3n) is 1.71. The molecule has 0 spiro atoms. The van der Waals surface area contributed by atoms with Crippen LogP contribution in [0.5, 0.6) is 0 Å². The summed E-state index contributed by atoms with van der Waals surface area (Å²) in [5.74, 6) is 0.496. The van der Waals surface area contributed by atoms with Crippen LogP contribution in [-0.2, 0) is 23.0 Å². The lowest BCUT2D eigenvalue weighted by molar-refractivity contribution is -0.117. The number of ether oxygens (including phenoxy) is 1. The second-order valence-electron chi connectivity index (χ2n) is 3.08. The van der Waals surface area contributed by atoms with E-state index in [9.17, 15) is 4.79 Å². The van der Waals surface area contributed by atoms with E-state index in [1.54, 1.807) is 14.2 Å². The lowest BCUT2D eigenvalue weighted by Gasteiger charge is -2.01. The van der Waals surface area contributed by atoms with Gasteiger partial charge in [-0.1, -0.05) is 0 Å². The van der Waals surface area contributed by atoms with Gasteiger partial charge < -0.3 is 10.1 Å². The molecule has 1 aromatic rings. The van der Waals surface area contributed by atoms with Crippen LogP contribution < -0.4 is 5.32 Å². The topological polar surface area (TPSA) is 81.9 Å². The van der Waals surface area contributed by atoms with E-state index in [2.05, 4.69) is 20.7 Å². The van der Waals surface area contributed by atoms with Crippen molar-refractivity contribution in [2.45, 2.75) is 6.42 Å². The Bertz CT molecular complexity index is 312. The number of carbonyl (C=O) groups is 1. The summed E-state index contributed by atoms with van der Waals surface area (Å²) < 4.78 is 4.83. The van der Waals surface area contributed by atoms with E-state index in [1.165, 1.54) is 4.80 Å². The van der Waals surface area contributed by atoms with E-state index in [1.807, 2.05) is 0 Å². The summed E-state index contributed by atoms with van der Waals surface area (Å²) in [5.41, 5.74) is 0. The maximum atomic E-state index is 11.4. The largest absolute Gasteiger partial charge is 0.383 e. The van der Waals surface area contributed by atoms with Gasteiger partial charge in [-0.2, -0.15) is 4.80 Å². The predicted octanol–water partition coefficient (Wildman–Crippen LogP) is -1.44. The van der Waals surface area contributed by atoms with Gasteiger partial charge in [0.2, 0.25) is 0 Å². The molecule has 7 nitrogen and oxygen atoms in total. The molecule has 7 heteroatoms. The summed E-state index contributed by atoms with van der Waals surface area (Å²) in [6.45, 7) is 1.56. The number of aryl methyl sites for hydroxylation is 1. The third kappa shape index (κ3) is 4.61. The summed E-state index contributed by atoms with van der Waals surface area (Å²) in [7, 11) is 3.28. The third-order valence-corrected chi connectivity index (χ3v) is 1.71. The summed E-state index contributed by atoms with van der Waals surface area (Å²) >= 11 is 0. The number of hydrogen-bond donors (Lipinski definition) is 1. The van der Waals surface area contributed by atoms with Crippen molar-refractivity contribution in [1.29, 1.82) is 0 Å². The highest BCUT2D eigenvalue weighted by Gasteiger charge is 2.07. The summed E-state index contributed by atoms with van der Waals surface area (Å²) in [4.78, 5) is 12.7. The Morgan fingerprint density at radius 2 is 2.40 bits per heavy atom. The Labute approximate surface area is 87.8 Å². The standard InChI is InChI=1S/C8H15N5O2/c1-13-11-8(10-12-13)5-7(14)6-9-3-4-15-2/h9H,3-6H2,1-2H3. The summed E-state index contributed by atoms with van der Waals surface area (Å²) in [6.07, 6.45) is 0.216. The molecule has 1 heterocycles. The van der Waals surface area contributed by atoms with Gasteiger partial charge in [0.1, 0.15) is 0 Å². The van der Waals surface area contributed by atoms with Crippen molar-refractivity contribution in [3.05, 3.63) is 5.82 Å². The molecule has 0 fully saturated rings. The first kappa shape index (κ1) is 11.7. The average Bonchev–Trinajstić information content (AvgIpc) is 2.59. The van der Waals surface area contributed by atoms with E-state index in [-0.39, 0.29) is 12.2 Å². The molecule has 0 aliphatic rings. The van der Waals surface area contributed by atoms with Crippen LogP contribution >= 0.6 is 0 Å². The Hall–Kier alpha value is -1.34. The zero-order valence-electron chi connectivity index (χ0n) is 8.93. The quantitative estimate of drug-likeness (QED) is 0.558. The smallest absolute Gasteiger partial charge is 0.182 e. The monoisotopic (exact) mass is 213 g/mol. The van der Waals surface area contributed by atoms with Crippen LogP contribution in [0.25, 0.3) is 0 Å². The minimum absolute atomic E-state index is 0.0408. The van der Waals surface area contributed by atoms with Crippen molar-refractivity contribution in [3.8, 4) is 0 Å². The van der Waals surface area contributed by atoms with Crippen molar-refractivity contribution >= 4 is 5.78 Å². The van der Waals surface area contributed by atoms with Gasteiger partial charge >= 0.3 is 0 Å². The highest BCUT2D eigenvalue weighted by atomic mass is 16.5. The molecule has 0 saturated carbocycles. The first-order valence-electron chi connectivity index (χ1n) is 4.66. The molecular weight excluding hydrogens is 198 g/mol. The molecular formula is C8H15N5O2. The van der Waals surface area contributed by atoms with Crippen molar-refractivity contribution in [2.24, 2.45) is 7.05 Å². The van der Waals surface area contributed by atoms with Gasteiger partial charge in [0.05, 0.1) is 26.6 Å². The summed E-state index contributed by atoms with van der Waals surface area (Å²) in [5, 5.41) is 14.2. The van der Waals surface area contributed by atoms with Gasteiger partial charge in [0.15, 0.2) is 11.6 Å². The number of Topliss-reactive ketones (excluding diaryl/α,β-unsaturated/α-hetero) is 1. The lowest BCUT2D eigenvalue weighted by atomic mass is 10.3. The van der Waals surface area contributed by atoms with Gasteiger partial charge in [0, 0.05) is 13.7 Å². The molecule has 0 bridgehead atoms. The highest BCUT2D eigenvalue weighted by molar-refractivity contribution is 5.81. The van der Waals surface area contributed by atoms with E-state index in [4.69, 9.17) is 4.74 Å². The van der Waals surface area contributed by atoms with Crippen LogP contribution in [0.2, 0.25) is 0 Å². The fraction of sp³-hybridized carbons (Fsp3) is 0.750. The normalized spacial score (nSPS) is 10.5. The van der Waals surface area contributed by atoms with Gasteiger partial charge in [0.25, 0.3) is 0 Å². The second-order valence-corrected chi connectivity index (χ2v) is 3.08. The first-order valence-corrected chi connectivity index (χ1v) is 4.66. The number of tetrazole rings is 1. The highest BCUT2D eigenvalue weighted by Crippen LogP contribution is 1.88. The van der Waals surface area contributed by atoms with Crippen LogP contribution in [0.1, 0.15) is 5.82 Å². The van der Waals surface area contributed by atoms with Crippen molar-refractivity contribution in [2.75, 3.05) is 26.8 Å². The molecule has 0 aliphatic heterocycles. The van der Waals surface area contributed by atoms with Gasteiger partial charge in [-0.15, -0.1) is 10.2 Å². The van der Waals surface area contributed by atoms with E-state index >= 15 is 0 Å². The molecule has 0 unspecified atom stereocenters. The zero-order valence-corrected chi connectivity index (χ0v) is 8.93. The van der Waals surface area contributed by atoms with Crippen molar-refractivity contribution < 1.29 is 9.53 Å². The van der Waals surface area contributed by atoms with Gasteiger partial charge in [-0.3, -0.25) is 4.79 Å². The molecule has 1 rings (SSSR count). The minimum atomic E-state index is 0.0408. The zero-order chi connectivity index (χ0) is 11.1. The SMILES string of the molecule is COCCNCC(=O)Cc1nnn(C)n1. The van der Waals surface area contributed by atoms with Crippen LogP contribution in [0, 0.1) is 0 Å². The van der Waals surface area contributed by atoms with Gasteiger partial charge in [-0.25, -0.2) is 0 Å². The molecule has 15 heavy (non-hydrogen) atoms. The number of carbonyl (C=O) groups excluding carboxylic acids is 1. The maximum absolute atomic E-state index is 11.4. The van der Waals surface area contributed by atoms with Crippen LogP contribution in [-0.4, -0.2) is 52.8 Å². The molecule has 0 radical (unpaired) electrons. The maximum Gasteiger partial charge on any atom is 0.182 e. The van der Waals surface area contributed by atoms with E-state index < -0.39 is 0 Å². The lowest BCUT2D eigenvalue weighted by Crippen LogP contribution is -2.27. The van der Waals surface area contributed by atoms with Crippen LogP contribution in [0.3, 0.4) is 0 Å². The molecule has 0 atom stereocenters. The molecule has 84 valence electrons. The Morgan fingerprint density at radius 3 is 3.00 bits per heavy atom. The average molecular weight is 213 g/mol. The van der Waals surface area contributed by atoms with Crippen molar-refractivity contribution in [3.63, 3.8) is 0 Å². The predicted molar refractivity (Wildman–Crippen MR) is 52.3 cm³/mol. The Morgan fingerprint density at radius 1 is 1.60 bits per heavy atom. The number of hydrogen-bond acceptors (Lipinski definition) is 6. The number of nitrogens with one attached hydrogen (secondary N) is 1. The molecule has 1 N–H and O–H groups in total. The van der Waals surface area contributed by atoms with Gasteiger partial charge in [-0.05, 0) is 5.21 Å². The molecule has 0 saturated heterocycles. The summed E-state index contributed by atoms with van der Waals surface area (Å²) in [6, 6.07) is 0. The minimum Gasteiger partial charge on any atom is -0.383 e. The molecule has 1 aromatic heterocycles. The Kier molecular flexibility index (Phi) is 4.85. The van der Waals surface area contributed by atoms with E-state index in [0.29, 0.717) is 25.5 Å². The number of nitrogens with zero attached hydrogens (tertiary/aromatic N) is 4. The Balaban J connectivity index is 2.18. The molecule has 0 aliphatic carbocycles. The molecule has 0 amide bonds. The molecule has 0 aromatic carbocycles. The number of methoxy groups -OCH3 is 1. The second kappa shape index (κ2) is 6.20. The number of ketones is 1. The number of aromatic nitrogens is 4.